The Morgan fingerprint density at radius 2 is 2.00 bits per heavy atom. The molecule has 1 N–H and O–H groups in total. The first-order valence-corrected chi connectivity index (χ1v) is 5.09. The summed E-state index contributed by atoms with van der Waals surface area (Å²) in [4.78, 5) is 11.1. The van der Waals surface area contributed by atoms with Gasteiger partial charge in [-0.2, -0.15) is 0 Å². The van der Waals surface area contributed by atoms with Crippen molar-refractivity contribution in [3.63, 3.8) is 0 Å². The van der Waals surface area contributed by atoms with Crippen LogP contribution in [0.4, 0.5) is 0 Å². The van der Waals surface area contributed by atoms with Gasteiger partial charge in [0, 0.05) is 6.42 Å². The Morgan fingerprint density at radius 1 is 1.31 bits per heavy atom. The molecule has 0 spiro atoms. The smallest absolute Gasteiger partial charge is 0.306 e. The lowest BCUT2D eigenvalue weighted by Gasteiger charge is -2.20. The van der Waals surface area contributed by atoms with Gasteiger partial charge in [0.25, 0.3) is 0 Å². The van der Waals surface area contributed by atoms with Gasteiger partial charge in [0.05, 0.1) is 6.61 Å². The maximum absolute atomic E-state index is 11.1. The number of esters is 1. The van der Waals surface area contributed by atoms with Crippen LogP contribution >= 0.6 is 0 Å². The van der Waals surface area contributed by atoms with Gasteiger partial charge in [-0.25, -0.2) is 0 Å². The number of rotatable bonds is 4. The summed E-state index contributed by atoms with van der Waals surface area (Å²) in [5.74, 6) is 0.376. The number of carbonyl (C=O) groups is 1. The van der Waals surface area contributed by atoms with Gasteiger partial charge >= 0.3 is 5.97 Å². The SMILES string of the molecule is O=C(CC1CCCCC1)OCCO. The second kappa shape index (κ2) is 5.97. The van der Waals surface area contributed by atoms with E-state index in [-0.39, 0.29) is 19.2 Å². The fraction of sp³-hybridized carbons (Fsp3) is 0.900. The largest absolute Gasteiger partial charge is 0.463 e. The van der Waals surface area contributed by atoms with E-state index in [1.165, 1.54) is 19.3 Å². The van der Waals surface area contributed by atoms with E-state index in [4.69, 9.17) is 9.84 Å². The fourth-order valence-corrected chi connectivity index (χ4v) is 1.85. The molecule has 0 bridgehead atoms. The zero-order chi connectivity index (χ0) is 9.52. The molecule has 0 amide bonds. The van der Waals surface area contributed by atoms with E-state index >= 15 is 0 Å². The van der Waals surface area contributed by atoms with Crippen molar-refractivity contribution >= 4 is 5.97 Å². The highest BCUT2D eigenvalue weighted by molar-refractivity contribution is 5.69. The normalized spacial score (nSPS) is 18.5. The van der Waals surface area contributed by atoms with Crippen LogP contribution in [-0.4, -0.2) is 24.3 Å². The van der Waals surface area contributed by atoms with Crippen molar-refractivity contribution in [2.45, 2.75) is 38.5 Å². The first-order chi connectivity index (χ1) is 6.33. The topological polar surface area (TPSA) is 46.5 Å². The van der Waals surface area contributed by atoms with Gasteiger partial charge in [0.1, 0.15) is 6.61 Å². The summed E-state index contributed by atoms with van der Waals surface area (Å²) < 4.78 is 4.80. The molecule has 1 fully saturated rings. The monoisotopic (exact) mass is 186 g/mol. The van der Waals surface area contributed by atoms with Crippen LogP contribution in [0.1, 0.15) is 38.5 Å². The standard InChI is InChI=1S/C10H18O3/c11-6-7-13-10(12)8-9-4-2-1-3-5-9/h9,11H,1-8H2. The van der Waals surface area contributed by atoms with Crippen molar-refractivity contribution < 1.29 is 14.6 Å². The molecule has 0 aromatic rings. The van der Waals surface area contributed by atoms with Crippen LogP contribution in [0.15, 0.2) is 0 Å². The molecule has 0 unspecified atom stereocenters. The van der Waals surface area contributed by atoms with E-state index in [0.717, 1.165) is 12.8 Å². The molecule has 1 saturated carbocycles. The van der Waals surface area contributed by atoms with E-state index in [1.54, 1.807) is 0 Å². The van der Waals surface area contributed by atoms with Crippen molar-refractivity contribution in [3.05, 3.63) is 0 Å². The highest BCUT2D eigenvalue weighted by Crippen LogP contribution is 2.26. The predicted octanol–water partition coefficient (Wildman–Crippen LogP) is 1.49. The molecule has 3 heteroatoms. The quantitative estimate of drug-likeness (QED) is 0.677. The summed E-state index contributed by atoms with van der Waals surface area (Å²) in [6.45, 7) is 0.0714. The lowest BCUT2D eigenvalue weighted by Crippen LogP contribution is -2.15. The average Bonchev–Trinajstić information content (AvgIpc) is 2.16. The minimum atomic E-state index is -0.152. The highest BCUT2D eigenvalue weighted by atomic mass is 16.5. The Bertz CT molecular complexity index is 150. The van der Waals surface area contributed by atoms with Gasteiger partial charge in [-0.15, -0.1) is 0 Å². The maximum Gasteiger partial charge on any atom is 0.306 e. The van der Waals surface area contributed by atoms with Crippen molar-refractivity contribution in [2.24, 2.45) is 5.92 Å². The molecule has 1 aliphatic carbocycles. The minimum Gasteiger partial charge on any atom is -0.463 e. The van der Waals surface area contributed by atoms with Crippen molar-refractivity contribution in [3.8, 4) is 0 Å². The molecular formula is C10H18O3. The number of aliphatic hydroxyl groups is 1. The van der Waals surface area contributed by atoms with Crippen LogP contribution in [0.2, 0.25) is 0 Å². The van der Waals surface area contributed by atoms with Crippen molar-refractivity contribution in [1.82, 2.24) is 0 Å². The molecule has 0 radical (unpaired) electrons. The Labute approximate surface area is 79.1 Å². The van der Waals surface area contributed by atoms with Gasteiger partial charge in [0.2, 0.25) is 0 Å². The van der Waals surface area contributed by atoms with E-state index < -0.39 is 0 Å². The van der Waals surface area contributed by atoms with Crippen molar-refractivity contribution in [1.29, 1.82) is 0 Å². The molecule has 0 aromatic carbocycles. The first kappa shape index (κ1) is 10.5. The first-order valence-electron chi connectivity index (χ1n) is 5.09. The molecule has 1 aliphatic rings. The third kappa shape index (κ3) is 4.27. The minimum absolute atomic E-state index is 0.0730. The molecular weight excluding hydrogens is 168 g/mol. The van der Waals surface area contributed by atoms with Crippen molar-refractivity contribution in [2.75, 3.05) is 13.2 Å². The van der Waals surface area contributed by atoms with E-state index in [0.29, 0.717) is 12.3 Å². The second-order valence-electron chi connectivity index (χ2n) is 3.65. The molecule has 13 heavy (non-hydrogen) atoms. The van der Waals surface area contributed by atoms with Gasteiger partial charge in [0.15, 0.2) is 0 Å². The van der Waals surface area contributed by atoms with Gasteiger partial charge in [-0.3, -0.25) is 4.79 Å². The summed E-state index contributed by atoms with van der Waals surface area (Å²) >= 11 is 0. The van der Waals surface area contributed by atoms with Crippen LogP contribution in [0.5, 0.6) is 0 Å². The third-order valence-electron chi connectivity index (χ3n) is 2.53. The number of carbonyl (C=O) groups excluding carboxylic acids is 1. The number of hydrogen-bond acceptors (Lipinski definition) is 3. The molecule has 0 atom stereocenters. The van der Waals surface area contributed by atoms with Gasteiger partial charge in [-0.1, -0.05) is 19.3 Å². The lowest BCUT2D eigenvalue weighted by molar-refractivity contribution is -0.146. The Balaban J connectivity index is 2.11. The van der Waals surface area contributed by atoms with E-state index in [2.05, 4.69) is 0 Å². The van der Waals surface area contributed by atoms with Crippen LogP contribution in [0.25, 0.3) is 0 Å². The molecule has 76 valence electrons. The Hall–Kier alpha value is -0.570. The lowest BCUT2D eigenvalue weighted by atomic mass is 9.87. The zero-order valence-electron chi connectivity index (χ0n) is 8.00. The van der Waals surface area contributed by atoms with Crippen LogP contribution in [0, 0.1) is 5.92 Å². The molecule has 0 saturated heterocycles. The van der Waals surface area contributed by atoms with E-state index in [9.17, 15) is 4.79 Å². The second-order valence-corrected chi connectivity index (χ2v) is 3.65. The molecule has 0 heterocycles. The zero-order valence-corrected chi connectivity index (χ0v) is 8.00. The summed E-state index contributed by atoms with van der Waals surface area (Å²) in [5, 5.41) is 8.44. The van der Waals surface area contributed by atoms with E-state index in [1.807, 2.05) is 0 Å². The summed E-state index contributed by atoms with van der Waals surface area (Å²) in [6.07, 6.45) is 6.67. The highest BCUT2D eigenvalue weighted by Gasteiger charge is 2.17. The Morgan fingerprint density at radius 3 is 2.62 bits per heavy atom. The molecule has 1 rings (SSSR count). The number of hydrogen-bond donors (Lipinski definition) is 1. The third-order valence-corrected chi connectivity index (χ3v) is 2.53. The average molecular weight is 186 g/mol. The predicted molar refractivity (Wildman–Crippen MR) is 49.2 cm³/mol. The summed E-state index contributed by atoms with van der Waals surface area (Å²) in [7, 11) is 0. The van der Waals surface area contributed by atoms with Gasteiger partial charge < -0.3 is 9.84 Å². The number of aliphatic hydroxyl groups excluding tert-OH is 1. The summed E-state index contributed by atoms with van der Waals surface area (Å²) in [5.41, 5.74) is 0. The molecule has 3 nitrogen and oxygen atoms in total. The summed E-state index contributed by atoms with van der Waals surface area (Å²) in [6, 6.07) is 0. The van der Waals surface area contributed by atoms with Crippen LogP contribution in [0.3, 0.4) is 0 Å². The maximum atomic E-state index is 11.1. The fourth-order valence-electron chi connectivity index (χ4n) is 1.85. The Kier molecular flexibility index (Phi) is 4.83. The molecule has 0 aliphatic heterocycles. The molecule has 0 aromatic heterocycles. The van der Waals surface area contributed by atoms with Crippen LogP contribution < -0.4 is 0 Å². The number of ether oxygens (including phenoxy) is 1. The van der Waals surface area contributed by atoms with Gasteiger partial charge in [-0.05, 0) is 18.8 Å². The van der Waals surface area contributed by atoms with Crippen LogP contribution in [-0.2, 0) is 9.53 Å².